The standard InChI is InChI=1S/C16H19NO3S/c1-10-13-8-12(20-2)5-6-14(13)21-15(10)16(19)17-7-3-4-11(17)9-18/h5-6,8,11,18H,3-4,7,9H2,1-2H3/t11-/m1/s1. The third-order valence-electron chi connectivity index (χ3n) is 4.19. The molecule has 1 aromatic heterocycles. The lowest BCUT2D eigenvalue weighted by Crippen LogP contribution is -2.37. The van der Waals surface area contributed by atoms with E-state index in [0.717, 1.165) is 45.7 Å². The van der Waals surface area contributed by atoms with Crippen molar-refractivity contribution in [3.8, 4) is 5.75 Å². The Morgan fingerprint density at radius 2 is 2.33 bits per heavy atom. The van der Waals surface area contributed by atoms with E-state index in [1.807, 2.05) is 30.0 Å². The molecular weight excluding hydrogens is 286 g/mol. The number of hydrogen-bond donors (Lipinski definition) is 1. The van der Waals surface area contributed by atoms with Gasteiger partial charge in [-0.05, 0) is 48.9 Å². The van der Waals surface area contributed by atoms with Gasteiger partial charge in [-0.3, -0.25) is 4.79 Å². The summed E-state index contributed by atoms with van der Waals surface area (Å²) >= 11 is 1.52. The second kappa shape index (κ2) is 5.66. The zero-order valence-electron chi connectivity index (χ0n) is 12.3. The number of benzene rings is 1. The first-order valence-electron chi connectivity index (χ1n) is 7.14. The van der Waals surface area contributed by atoms with Crippen LogP contribution in [-0.4, -0.2) is 42.2 Å². The van der Waals surface area contributed by atoms with Crippen LogP contribution in [-0.2, 0) is 0 Å². The van der Waals surface area contributed by atoms with Crippen molar-refractivity contribution in [1.82, 2.24) is 4.90 Å². The highest BCUT2D eigenvalue weighted by molar-refractivity contribution is 7.21. The van der Waals surface area contributed by atoms with Gasteiger partial charge in [0, 0.05) is 11.2 Å². The number of aliphatic hydroxyl groups excluding tert-OH is 1. The van der Waals surface area contributed by atoms with E-state index in [2.05, 4.69) is 0 Å². The lowest BCUT2D eigenvalue weighted by atomic mass is 10.1. The fourth-order valence-corrected chi connectivity index (χ4v) is 4.10. The molecular formula is C16H19NO3S. The number of amides is 1. The molecule has 0 saturated carbocycles. The van der Waals surface area contributed by atoms with E-state index in [1.54, 1.807) is 7.11 Å². The molecule has 0 bridgehead atoms. The number of carbonyl (C=O) groups excluding carboxylic acids is 1. The van der Waals surface area contributed by atoms with Gasteiger partial charge in [-0.1, -0.05) is 0 Å². The Hall–Kier alpha value is -1.59. The van der Waals surface area contributed by atoms with Crippen LogP contribution in [0.1, 0.15) is 28.1 Å². The van der Waals surface area contributed by atoms with Crippen LogP contribution in [0.15, 0.2) is 18.2 Å². The summed E-state index contributed by atoms with van der Waals surface area (Å²) < 4.78 is 6.35. The molecule has 0 aliphatic carbocycles. The number of carbonyl (C=O) groups is 1. The maximum absolute atomic E-state index is 12.8. The molecule has 2 heterocycles. The summed E-state index contributed by atoms with van der Waals surface area (Å²) in [5.41, 5.74) is 1.00. The van der Waals surface area contributed by atoms with Gasteiger partial charge in [0.15, 0.2) is 0 Å². The molecule has 1 atom stereocenters. The van der Waals surface area contributed by atoms with Crippen molar-refractivity contribution in [2.45, 2.75) is 25.8 Å². The van der Waals surface area contributed by atoms with Crippen LogP contribution in [0.3, 0.4) is 0 Å². The first-order chi connectivity index (χ1) is 10.2. The van der Waals surface area contributed by atoms with Crippen molar-refractivity contribution < 1.29 is 14.6 Å². The highest BCUT2D eigenvalue weighted by Crippen LogP contribution is 2.35. The van der Waals surface area contributed by atoms with Crippen molar-refractivity contribution in [1.29, 1.82) is 0 Å². The van der Waals surface area contributed by atoms with Crippen LogP contribution < -0.4 is 4.74 Å². The quantitative estimate of drug-likeness (QED) is 0.948. The summed E-state index contributed by atoms with van der Waals surface area (Å²) in [4.78, 5) is 15.3. The number of aliphatic hydroxyl groups is 1. The van der Waals surface area contributed by atoms with E-state index in [1.165, 1.54) is 11.3 Å². The Labute approximate surface area is 127 Å². The van der Waals surface area contributed by atoms with E-state index < -0.39 is 0 Å². The highest BCUT2D eigenvalue weighted by atomic mass is 32.1. The SMILES string of the molecule is COc1ccc2sc(C(=O)N3CCC[C@@H]3CO)c(C)c2c1. The second-order valence-corrected chi connectivity index (χ2v) is 6.45. The molecule has 4 nitrogen and oxygen atoms in total. The molecule has 1 amide bonds. The van der Waals surface area contributed by atoms with Gasteiger partial charge in [-0.25, -0.2) is 0 Å². The molecule has 21 heavy (non-hydrogen) atoms. The number of aryl methyl sites for hydroxylation is 1. The summed E-state index contributed by atoms with van der Waals surface area (Å²) in [5, 5.41) is 10.5. The van der Waals surface area contributed by atoms with Crippen LogP contribution in [0.5, 0.6) is 5.75 Å². The number of hydrogen-bond acceptors (Lipinski definition) is 4. The first-order valence-corrected chi connectivity index (χ1v) is 7.96. The lowest BCUT2D eigenvalue weighted by molar-refractivity contribution is 0.0682. The van der Waals surface area contributed by atoms with Crippen LogP contribution in [0.25, 0.3) is 10.1 Å². The molecule has 0 radical (unpaired) electrons. The fraction of sp³-hybridized carbons (Fsp3) is 0.438. The number of fused-ring (bicyclic) bond motifs is 1. The van der Waals surface area contributed by atoms with Crippen molar-refractivity contribution in [2.75, 3.05) is 20.3 Å². The molecule has 3 rings (SSSR count). The van der Waals surface area contributed by atoms with Gasteiger partial charge in [0.2, 0.25) is 0 Å². The van der Waals surface area contributed by atoms with E-state index in [9.17, 15) is 9.90 Å². The minimum atomic E-state index is -0.0309. The van der Waals surface area contributed by atoms with E-state index in [-0.39, 0.29) is 18.6 Å². The normalized spacial score (nSPS) is 18.4. The third-order valence-corrected chi connectivity index (χ3v) is 5.45. The molecule has 1 saturated heterocycles. The van der Waals surface area contributed by atoms with Crippen LogP contribution in [0.2, 0.25) is 0 Å². The Morgan fingerprint density at radius 1 is 1.52 bits per heavy atom. The molecule has 2 aromatic rings. The van der Waals surface area contributed by atoms with Gasteiger partial charge >= 0.3 is 0 Å². The third kappa shape index (κ3) is 2.40. The van der Waals surface area contributed by atoms with Gasteiger partial charge in [0.25, 0.3) is 5.91 Å². The van der Waals surface area contributed by atoms with Crippen LogP contribution in [0.4, 0.5) is 0 Å². The fourth-order valence-electron chi connectivity index (χ4n) is 2.95. The summed E-state index contributed by atoms with van der Waals surface area (Å²) in [7, 11) is 1.64. The van der Waals surface area contributed by atoms with Crippen molar-refractivity contribution in [3.63, 3.8) is 0 Å². The smallest absolute Gasteiger partial charge is 0.264 e. The number of rotatable bonds is 3. The van der Waals surface area contributed by atoms with Gasteiger partial charge < -0.3 is 14.7 Å². The maximum atomic E-state index is 12.8. The van der Waals surface area contributed by atoms with Gasteiger partial charge in [-0.15, -0.1) is 11.3 Å². The van der Waals surface area contributed by atoms with Crippen LogP contribution in [0, 0.1) is 6.92 Å². The average Bonchev–Trinajstić information content (AvgIpc) is 3.11. The van der Waals surface area contributed by atoms with Gasteiger partial charge in [0.05, 0.1) is 24.6 Å². The molecule has 0 spiro atoms. The minimum absolute atomic E-state index is 0.0309. The van der Waals surface area contributed by atoms with Crippen molar-refractivity contribution in [2.24, 2.45) is 0 Å². The molecule has 112 valence electrons. The highest BCUT2D eigenvalue weighted by Gasteiger charge is 2.30. The monoisotopic (exact) mass is 305 g/mol. The molecule has 1 fully saturated rings. The van der Waals surface area contributed by atoms with Gasteiger partial charge in [0.1, 0.15) is 5.75 Å². The molecule has 0 unspecified atom stereocenters. The van der Waals surface area contributed by atoms with E-state index in [0.29, 0.717) is 0 Å². The zero-order chi connectivity index (χ0) is 15.0. The maximum Gasteiger partial charge on any atom is 0.264 e. The predicted octanol–water partition coefficient (Wildman–Crippen LogP) is 2.82. The van der Waals surface area contributed by atoms with Crippen LogP contribution >= 0.6 is 11.3 Å². The number of thiophene rings is 1. The summed E-state index contributed by atoms with van der Waals surface area (Å²) in [6.07, 6.45) is 1.86. The van der Waals surface area contributed by atoms with Gasteiger partial charge in [-0.2, -0.15) is 0 Å². The number of nitrogens with zero attached hydrogens (tertiary/aromatic N) is 1. The Kier molecular flexibility index (Phi) is 3.87. The Morgan fingerprint density at radius 3 is 3.05 bits per heavy atom. The molecule has 1 N–H and O–H groups in total. The largest absolute Gasteiger partial charge is 0.497 e. The van der Waals surface area contributed by atoms with Crippen molar-refractivity contribution >= 4 is 27.3 Å². The summed E-state index contributed by atoms with van der Waals surface area (Å²) in [6.45, 7) is 2.76. The Bertz CT molecular complexity index is 679. The molecule has 1 aliphatic rings. The molecule has 1 aliphatic heterocycles. The summed E-state index contributed by atoms with van der Waals surface area (Å²) in [6, 6.07) is 5.86. The lowest BCUT2D eigenvalue weighted by Gasteiger charge is -2.22. The minimum Gasteiger partial charge on any atom is -0.497 e. The average molecular weight is 305 g/mol. The number of likely N-dealkylation sites (tertiary alicyclic amines) is 1. The zero-order valence-corrected chi connectivity index (χ0v) is 13.1. The number of methoxy groups -OCH3 is 1. The molecule has 1 aromatic carbocycles. The number of ether oxygens (including phenoxy) is 1. The molecule has 5 heteroatoms. The van der Waals surface area contributed by atoms with E-state index >= 15 is 0 Å². The van der Waals surface area contributed by atoms with E-state index in [4.69, 9.17) is 4.74 Å². The Balaban J connectivity index is 2.00. The first kappa shape index (κ1) is 14.4. The topological polar surface area (TPSA) is 49.8 Å². The summed E-state index contributed by atoms with van der Waals surface area (Å²) in [5.74, 6) is 0.848. The predicted molar refractivity (Wildman–Crippen MR) is 84.3 cm³/mol. The second-order valence-electron chi connectivity index (χ2n) is 5.40. The van der Waals surface area contributed by atoms with Crippen molar-refractivity contribution in [3.05, 3.63) is 28.6 Å².